The summed E-state index contributed by atoms with van der Waals surface area (Å²) < 4.78 is 0. The van der Waals surface area contributed by atoms with Gasteiger partial charge >= 0.3 is 0 Å². The molecule has 1 aromatic rings. The van der Waals surface area contributed by atoms with Crippen LogP contribution in [0.5, 0.6) is 0 Å². The fourth-order valence-electron chi connectivity index (χ4n) is 2.05. The highest BCUT2D eigenvalue weighted by molar-refractivity contribution is 5.87. The van der Waals surface area contributed by atoms with E-state index in [-0.39, 0.29) is 7.21 Å². The molecule has 2 nitrogen and oxygen atoms in total. The van der Waals surface area contributed by atoms with Gasteiger partial charge in [0.2, 0.25) is 0 Å². The number of Topliss-reactive ketones (excluding diaryl/α,β-unsaturated/α-hetero) is 1. The first-order valence-electron chi connectivity index (χ1n) is 6.32. The first-order chi connectivity index (χ1) is 7.97. The SMILES string of the molecule is CC(=O)[C@@](N)(CCCC(C)C)c1ccccc1.[HH]. The topological polar surface area (TPSA) is 43.1 Å². The van der Waals surface area contributed by atoms with Crippen LogP contribution >= 0.6 is 0 Å². The molecule has 0 unspecified atom stereocenters. The minimum atomic E-state index is -0.809. The number of nitrogens with two attached hydrogens (primary N) is 1. The maximum absolute atomic E-state index is 11.8. The Morgan fingerprint density at radius 3 is 2.41 bits per heavy atom. The Morgan fingerprint density at radius 1 is 1.35 bits per heavy atom. The molecule has 0 radical (unpaired) electrons. The molecule has 0 fully saturated rings. The highest BCUT2D eigenvalue weighted by atomic mass is 16.1. The van der Waals surface area contributed by atoms with E-state index in [1.165, 1.54) is 0 Å². The predicted molar refractivity (Wildman–Crippen MR) is 73.8 cm³/mol. The van der Waals surface area contributed by atoms with Gasteiger partial charge in [-0.2, -0.15) is 0 Å². The van der Waals surface area contributed by atoms with Crippen LogP contribution in [0.15, 0.2) is 30.3 Å². The van der Waals surface area contributed by atoms with Gasteiger partial charge in [0, 0.05) is 1.43 Å². The summed E-state index contributed by atoms with van der Waals surface area (Å²) in [5, 5.41) is 0. The Labute approximate surface area is 106 Å². The highest BCUT2D eigenvalue weighted by Crippen LogP contribution is 2.26. The molecule has 0 saturated heterocycles. The molecular weight excluding hydrogens is 210 g/mol. The summed E-state index contributed by atoms with van der Waals surface area (Å²) in [6.07, 6.45) is 2.83. The van der Waals surface area contributed by atoms with Gasteiger partial charge < -0.3 is 5.73 Å². The van der Waals surface area contributed by atoms with Crippen molar-refractivity contribution in [3.63, 3.8) is 0 Å². The van der Waals surface area contributed by atoms with Crippen LogP contribution in [0.4, 0.5) is 0 Å². The van der Waals surface area contributed by atoms with Gasteiger partial charge in [0.1, 0.15) is 5.54 Å². The number of hydrogen-bond acceptors (Lipinski definition) is 2. The van der Waals surface area contributed by atoms with E-state index >= 15 is 0 Å². The third-order valence-corrected chi connectivity index (χ3v) is 3.27. The lowest BCUT2D eigenvalue weighted by Gasteiger charge is -2.27. The maximum Gasteiger partial charge on any atom is 0.154 e. The summed E-state index contributed by atoms with van der Waals surface area (Å²) >= 11 is 0. The summed E-state index contributed by atoms with van der Waals surface area (Å²) in [5.74, 6) is 0.703. The highest BCUT2D eigenvalue weighted by Gasteiger charge is 2.31. The Balaban J connectivity index is 0.00000289. The van der Waals surface area contributed by atoms with E-state index in [0.717, 1.165) is 24.8 Å². The lowest BCUT2D eigenvalue weighted by Crippen LogP contribution is -2.43. The van der Waals surface area contributed by atoms with Gasteiger partial charge in [0.05, 0.1) is 0 Å². The molecular formula is C15H25NO. The largest absolute Gasteiger partial charge is 0.315 e. The maximum atomic E-state index is 11.8. The van der Waals surface area contributed by atoms with Gasteiger partial charge in [-0.15, -0.1) is 0 Å². The molecule has 0 saturated carbocycles. The van der Waals surface area contributed by atoms with Crippen LogP contribution in [0, 0.1) is 5.92 Å². The summed E-state index contributed by atoms with van der Waals surface area (Å²) in [4.78, 5) is 11.8. The van der Waals surface area contributed by atoms with Crippen LogP contribution in [0.1, 0.15) is 47.0 Å². The van der Waals surface area contributed by atoms with Crippen molar-refractivity contribution in [2.45, 2.75) is 45.6 Å². The van der Waals surface area contributed by atoms with E-state index in [9.17, 15) is 4.79 Å². The molecule has 0 spiro atoms. The molecule has 2 N–H and O–H groups in total. The van der Waals surface area contributed by atoms with Crippen molar-refractivity contribution in [1.29, 1.82) is 0 Å². The van der Waals surface area contributed by atoms with Gasteiger partial charge in [-0.1, -0.05) is 57.0 Å². The third kappa shape index (κ3) is 3.67. The Hall–Kier alpha value is -1.15. The third-order valence-electron chi connectivity index (χ3n) is 3.27. The van der Waals surface area contributed by atoms with Crippen LogP contribution in [-0.4, -0.2) is 5.78 Å². The van der Waals surface area contributed by atoms with Crippen molar-refractivity contribution in [1.82, 2.24) is 0 Å². The van der Waals surface area contributed by atoms with Crippen LogP contribution in [0.2, 0.25) is 0 Å². The molecule has 0 amide bonds. The average molecular weight is 235 g/mol. The number of hydrogen-bond donors (Lipinski definition) is 1. The molecule has 1 rings (SSSR count). The van der Waals surface area contributed by atoms with Gasteiger partial charge in [-0.3, -0.25) is 4.79 Å². The van der Waals surface area contributed by atoms with E-state index < -0.39 is 5.54 Å². The van der Waals surface area contributed by atoms with Crippen molar-refractivity contribution >= 4 is 5.78 Å². The van der Waals surface area contributed by atoms with Crippen molar-refractivity contribution in [2.24, 2.45) is 11.7 Å². The molecule has 1 aromatic carbocycles. The van der Waals surface area contributed by atoms with E-state index in [4.69, 9.17) is 5.73 Å². The molecule has 0 bridgehead atoms. The van der Waals surface area contributed by atoms with E-state index in [2.05, 4.69) is 13.8 Å². The quantitative estimate of drug-likeness (QED) is 0.820. The van der Waals surface area contributed by atoms with Gasteiger partial charge in [-0.05, 0) is 24.8 Å². The van der Waals surface area contributed by atoms with Crippen molar-refractivity contribution in [3.8, 4) is 0 Å². The van der Waals surface area contributed by atoms with Crippen LogP contribution in [-0.2, 0) is 10.3 Å². The molecule has 2 heteroatoms. The number of rotatable bonds is 6. The zero-order valence-corrected chi connectivity index (χ0v) is 11.1. The fourth-order valence-corrected chi connectivity index (χ4v) is 2.05. The van der Waals surface area contributed by atoms with E-state index in [0.29, 0.717) is 5.92 Å². The van der Waals surface area contributed by atoms with E-state index in [1.54, 1.807) is 6.92 Å². The number of carbonyl (C=O) groups excluding carboxylic acids is 1. The lowest BCUT2D eigenvalue weighted by molar-refractivity contribution is -0.122. The molecule has 96 valence electrons. The van der Waals surface area contributed by atoms with Gasteiger partial charge in [0.25, 0.3) is 0 Å². The van der Waals surface area contributed by atoms with Gasteiger partial charge in [-0.25, -0.2) is 0 Å². The zero-order valence-electron chi connectivity index (χ0n) is 11.1. The van der Waals surface area contributed by atoms with Crippen LogP contribution in [0.25, 0.3) is 0 Å². The summed E-state index contributed by atoms with van der Waals surface area (Å²) in [6, 6.07) is 9.69. The standard InChI is InChI=1S/C15H23NO.H2/c1-12(2)8-7-11-15(16,13(3)17)14-9-5-4-6-10-14;/h4-6,9-10,12H,7-8,11,16H2,1-3H3;1H/t15-;/m0./s1. The smallest absolute Gasteiger partial charge is 0.154 e. The summed E-state index contributed by atoms with van der Waals surface area (Å²) in [6.45, 7) is 5.96. The molecule has 0 aliphatic carbocycles. The molecule has 1 atom stereocenters. The summed E-state index contributed by atoms with van der Waals surface area (Å²) in [5.41, 5.74) is 6.42. The molecule has 0 aromatic heterocycles. The number of carbonyl (C=O) groups is 1. The Kier molecular flexibility index (Phi) is 4.88. The zero-order chi connectivity index (χ0) is 12.9. The van der Waals surface area contributed by atoms with Crippen LogP contribution < -0.4 is 5.73 Å². The summed E-state index contributed by atoms with van der Waals surface area (Å²) in [7, 11) is 0. The second-order valence-electron chi connectivity index (χ2n) is 5.18. The number of ketones is 1. The Morgan fingerprint density at radius 2 is 1.94 bits per heavy atom. The van der Waals surface area contributed by atoms with Crippen molar-refractivity contribution in [2.75, 3.05) is 0 Å². The predicted octanol–water partition coefficient (Wildman–Crippen LogP) is 3.50. The van der Waals surface area contributed by atoms with Gasteiger partial charge in [0.15, 0.2) is 5.78 Å². The normalized spacial score (nSPS) is 14.6. The monoisotopic (exact) mass is 235 g/mol. The fraction of sp³-hybridized carbons (Fsp3) is 0.533. The minimum absolute atomic E-state index is 0. The van der Waals surface area contributed by atoms with Crippen LogP contribution in [0.3, 0.4) is 0 Å². The lowest BCUT2D eigenvalue weighted by atomic mass is 9.82. The molecule has 0 aliphatic heterocycles. The first-order valence-corrected chi connectivity index (χ1v) is 6.32. The first kappa shape index (κ1) is 13.9. The average Bonchev–Trinajstić information content (AvgIpc) is 2.29. The molecule has 17 heavy (non-hydrogen) atoms. The number of benzene rings is 1. The van der Waals surface area contributed by atoms with Crippen molar-refractivity contribution in [3.05, 3.63) is 35.9 Å². The van der Waals surface area contributed by atoms with Crippen molar-refractivity contribution < 1.29 is 6.22 Å². The second-order valence-corrected chi connectivity index (χ2v) is 5.18. The molecule has 0 aliphatic rings. The Bertz CT molecular complexity index is 364. The second kappa shape index (κ2) is 5.97. The minimum Gasteiger partial charge on any atom is -0.315 e. The van der Waals surface area contributed by atoms with E-state index in [1.807, 2.05) is 30.3 Å². The molecule has 0 heterocycles.